The summed E-state index contributed by atoms with van der Waals surface area (Å²) in [5, 5.41) is 14.8. The molecule has 1 saturated carbocycles. The number of pyridine rings is 1. The lowest BCUT2D eigenvalue weighted by Gasteiger charge is -2.29. The molecule has 3 N–H and O–H groups in total. The number of rotatable bonds is 11. The van der Waals surface area contributed by atoms with Crippen molar-refractivity contribution in [3.05, 3.63) is 64.0 Å². The number of anilines is 1. The van der Waals surface area contributed by atoms with Gasteiger partial charge in [-0.1, -0.05) is 5.10 Å². The van der Waals surface area contributed by atoms with Crippen LogP contribution in [0.4, 0.5) is 45.5 Å². The highest BCUT2D eigenvalue weighted by molar-refractivity contribution is 5.74. The molecule has 1 amide bonds. The van der Waals surface area contributed by atoms with Gasteiger partial charge in [0.15, 0.2) is 0 Å². The summed E-state index contributed by atoms with van der Waals surface area (Å²) in [7, 11) is 1.37. The van der Waals surface area contributed by atoms with Crippen LogP contribution in [0.15, 0.2) is 30.5 Å². The first-order chi connectivity index (χ1) is 21.8. The molecule has 0 spiro atoms. The largest absolute Gasteiger partial charge is 0.417 e. The van der Waals surface area contributed by atoms with Gasteiger partial charge in [0.25, 0.3) is 5.95 Å². The second-order valence-electron chi connectivity index (χ2n) is 11.8. The Balaban J connectivity index is 1.64. The first-order valence-corrected chi connectivity index (χ1v) is 14.6. The summed E-state index contributed by atoms with van der Waals surface area (Å²) in [5.74, 6) is -0.173. The second-order valence-corrected chi connectivity index (χ2v) is 11.8. The predicted molar refractivity (Wildman–Crippen MR) is 150 cm³/mol. The van der Waals surface area contributed by atoms with Crippen molar-refractivity contribution in [2.75, 3.05) is 11.4 Å². The number of aromatic nitrogens is 5. The molecule has 0 saturated heterocycles. The molecule has 1 unspecified atom stereocenters. The van der Waals surface area contributed by atoms with Crippen molar-refractivity contribution in [2.24, 2.45) is 24.6 Å². The van der Waals surface area contributed by atoms with Crippen molar-refractivity contribution >= 4 is 11.9 Å². The maximum Gasteiger partial charge on any atom is 0.417 e. The zero-order valence-corrected chi connectivity index (χ0v) is 25.3. The number of halogens is 9. The zero-order valence-electron chi connectivity index (χ0n) is 25.3. The van der Waals surface area contributed by atoms with Crippen molar-refractivity contribution in [1.82, 2.24) is 30.5 Å². The molecule has 0 radical (unpaired) electrons. The first-order valence-electron chi connectivity index (χ1n) is 14.6. The van der Waals surface area contributed by atoms with Crippen LogP contribution in [0.1, 0.15) is 78.6 Å². The summed E-state index contributed by atoms with van der Waals surface area (Å²) in [6.45, 7) is 1.09. The zero-order chi connectivity index (χ0) is 34.7. The van der Waals surface area contributed by atoms with Crippen LogP contribution in [-0.4, -0.2) is 37.6 Å². The highest BCUT2D eigenvalue weighted by Gasteiger charge is 2.37. The van der Waals surface area contributed by atoms with Gasteiger partial charge >= 0.3 is 18.5 Å². The summed E-state index contributed by atoms with van der Waals surface area (Å²) in [6.07, 6.45) is -10.8. The first kappa shape index (κ1) is 35.9. The van der Waals surface area contributed by atoms with Gasteiger partial charge in [-0.2, -0.15) is 44.3 Å². The van der Waals surface area contributed by atoms with Crippen LogP contribution in [0.2, 0.25) is 0 Å². The average Bonchev–Trinajstić information content (AvgIpc) is 3.40. The van der Waals surface area contributed by atoms with Crippen molar-refractivity contribution in [2.45, 2.75) is 76.7 Å². The number of nitrogens with zero attached hydrogens (tertiary/aromatic N) is 6. The predicted octanol–water partition coefficient (Wildman–Crippen LogP) is 6.20. The highest BCUT2D eigenvalue weighted by Crippen LogP contribution is 2.37. The Bertz CT molecular complexity index is 1500. The molecule has 0 aliphatic heterocycles. The summed E-state index contributed by atoms with van der Waals surface area (Å²) < 4.78 is 123. The Kier molecular flexibility index (Phi) is 10.7. The number of nitrogens with two attached hydrogens (primary N) is 1. The van der Waals surface area contributed by atoms with Gasteiger partial charge < -0.3 is 16.0 Å². The van der Waals surface area contributed by atoms with E-state index in [9.17, 15) is 44.3 Å². The minimum atomic E-state index is -5.11. The Morgan fingerprint density at radius 2 is 1.49 bits per heavy atom. The van der Waals surface area contributed by atoms with E-state index >= 15 is 0 Å². The van der Waals surface area contributed by atoms with E-state index in [1.54, 1.807) is 6.92 Å². The van der Waals surface area contributed by atoms with Crippen LogP contribution >= 0.6 is 0 Å². The summed E-state index contributed by atoms with van der Waals surface area (Å²) in [5.41, 5.74) is 0.875. The van der Waals surface area contributed by atoms with Gasteiger partial charge in [-0.3, -0.25) is 9.78 Å². The fraction of sp³-hybridized carbons (Fsp3) is 0.552. The molecule has 1 aliphatic rings. The fourth-order valence-electron chi connectivity index (χ4n) is 5.69. The Labute approximate surface area is 263 Å². The number of alkyl halides is 9. The van der Waals surface area contributed by atoms with Gasteiger partial charge in [0.05, 0.1) is 29.4 Å². The average molecular weight is 681 g/mol. The quantitative estimate of drug-likeness (QED) is 0.232. The number of primary amides is 1. The molecule has 3 aromatic rings. The molecule has 9 nitrogen and oxygen atoms in total. The maximum atomic E-state index is 13.8. The van der Waals surface area contributed by atoms with Crippen LogP contribution < -0.4 is 16.0 Å². The van der Waals surface area contributed by atoms with Crippen LogP contribution in [0.3, 0.4) is 0 Å². The number of amides is 1. The van der Waals surface area contributed by atoms with Crippen molar-refractivity contribution in [3.63, 3.8) is 0 Å². The van der Waals surface area contributed by atoms with E-state index in [4.69, 9.17) is 5.73 Å². The maximum absolute atomic E-state index is 13.8. The molecule has 1 fully saturated rings. The Morgan fingerprint density at radius 1 is 0.915 bits per heavy atom. The third kappa shape index (κ3) is 9.77. The second kappa shape index (κ2) is 14.0. The van der Waals surface area contributed by atoms with E-state index in [-0.39, 0.29) is 41.0 Å². The normalized spacial score (nSPS) is 18.3. The van der Waals surface area contributed by atoms with Gasteiger partial charge in [0.2, 0.25) is 5.91 Å². The SMILES string of the molecule is CC(NCC1CCC(CC(N)=O)CC1)c1ncc(C(F)(F)F)cc1CN(Cc1cc(C(F)(F)F)cc(C(F)(F)F)c1)c1nnn(C)n1. The molecule has 258 valence electrons. The molecule has 1 aliphatic carbocycles. The topological polar surface area (TPSA) is 115 Å². The van der Waals surface area contributed by atoms with E-state index in [0.717, 1.165) is 41.4 Å². The molecule has 2 heterocycles. The molecule has 18 heteroatoms. The van der Waals surface area contributed by atoms with Crippen molar-refractivity contribution < 1.29 is 44.3 Å². The van der Waals surface area contributed by atoms with Gasteiger partial charge in [0, 0.05) is 31.7 Å². The minimum absolute atomic E-state index is 0.000431. The van der Waals surface area contributed by atoms with E-state index in [2.05, 4.69) is 25.7 Å². The Morgan fingerprint density at radius 3 is 2.00 bits per heavy atom. The van der Waals surface area contributed by atoms with E-state index in [1.165, 1.54) is 7.05 Å². The number of benzene rings is 1. The van der Waals surface area contributed by atoms with Gasteiger partial charge in [-0.15, -0.1) is 5.10 Å². The fourth-order valence-corrected chi connectivity index (χ4v) is 5.69. The summed E-state index contributed by atoms with van der Waals surface area (Å²) >= 11 is 0. The molecular formula is C29H33F9N8O. The number of nitrogens with one attached hydrogen (secondary N) is 1. The minimum Gasteiger partial charge on any atom is -0.370 e. The number of carbonyl (C=O) groups is 1. The van der Waals surface area contributed by atoms with Crippen LogP contribution in [0.5, 0.6) is 0 Å². The standard InChI is InChI=1S/C29H33F9N8O/c1-16(40-12-18-5-3-17(4-6-18)9-24(39)47)25-20(10-23(13-41-25)29(36,37)38)15-46(26-42-44-45(2)43-26)14-19-7-21(27(30,31)32)11-22(8-19)28(33,34)35/h7-8,10-11,13,16-18,40H,3-6,9,12,14-15H2,1-2H3,(H2,39,47). The van der Waals surface area contributed by atoms with Crippen LogP contribution in [0.25, 0.3) is 0 Å². The molecule has 2 aromatic heterocycles. The van der Waals surface area contributed by atoms with Gasteiger partial charge in [0.1, 0.15) is 0 Å². The third-order valence-corrected chi connectivity index (χ3v) is 8.07. The molecular weight excluding hydrogens is 647 g/mol. The number of tetrazole rings is 1. The summed E-state index contributed by atoms with van der Waals surface area (Å²) in [4.78, 5) is 17.5. The van der Waals surface area contributed by atoms with E-state index in [0.29, 0.717) is 31.3 Å². The number of carbonyl (C=O) groups excluding carboxylic acids is 1. The summed E-state index contributed by atoms with van der Waals surface area (Å²) in [6, 6.07) is 1.29. The molecule has 0 bridgehead atoms. The van der Waals surface area contributed by atoms with Crippen molar-refractivity contribution in [1.29, 1.82) is 0 Å². The number of hydrogen-bond acceptors (Lipinski definition) is 7. The van der Waals surface area contributed by atoms with Crippen LogP contribution in [0, 0.1) is 11.8 Å². The highest BCUT2D eigenvalue weighted by atomic mass is 19.4. The Hall–Kier alpha value is -3.96. The van der Waals surface area contributed by atoms with E-state index < -0.39 is 59.9 Å². The lowest BCUT2D eigenvalue weighted by atomic mass is 9.80. The lowest BCUT2D eigenvalue weighted by Crippen LogP contribution is -2.31. The van der Waals surface area contributed by atoms with Gasteiger partial charge in [-0.05, 0) is 91.6 Å². The molecule has 1 atom stereocenters. The molecule has 4 rings (SSSR count). The third-order valence-electron chi connectivity index (χ3n) is 8.07. The van der Waals surface area contributed by atoms with Gasteiger partial charge in [-0.25, -0.2) is 0 Å². The molecule has 47 heavy (non-hydrogen) atoms. The number of hydrogen-bond donors (Lipinski definition) is 2. The van der Waals surface area contributed by atoms with Crippen molar-refractivity contribution in [3.8, 4) is 0 Å². The lowest BCUT2D eigenvalue weighted by molar-refractivity contribution is -0.143. The van der Waals surface area contributed by atoms with E-state index in [1.807, 2.05) is 0 Å². The molecule has 1 aromatic carbocycles. The van der Waals surface area contributed by atoms with Crippen LogP contribution in [-0.2, 0) is 43.5 Å². The number of aryl methyl sites for hydroxylation is 1. The monoisotopic (exact) mass is 680 g/mol. The smallest absolute Gasteiger partial charge is 0.370 e.